The molecule has 0 atom stereocenters. The summed E-state index contributed by atoms with van der Waals surface area (Å²) in [4.78, 5) is 12.9. The molecular weight excluding hydrogens is 311 g/mol. The van der Waals surface area contributed by atoms with Gasteiger partial charge >= 0.3 is 0 Å². The smallest absolute Gasteiger partial charge is 0.203 e. The molecule has 24 heavy (non-hydrogen) atoms. The van der Waals surface area contributed by atoms with Crippen LogP contribution in [0.1, 0.15) is 36.7 Å². The Hall–Kier alpha value is -2.56. The molecule has 0 aliphatic heterocycles. The van der Waals surface area contributed by atoms with Crippen molar-refractivity contribution in [1.29, 1.82) is 0 Å². The number of halogens is 1. The first-order valence-electron chi connectivity index (χ1n) is 7.97. The first kappa shape index (κ1) is 17.8. The van der Waals surface area contributed by atoms with E-state index in [0.717, 1.165) is 0 Å². The van der Waals surface area contributed by atoms with Gasteiger partial charge in [-0.15, -0.1) is 0 Å². The van der Waals surface area contributed by atoms with E-state index >= 15 is 0 Å². The third-order valence-corrected chi connectivity index (χ3v) is 3.30. The molecule has 4 nitrogen and oxygen atoms in total. The lowest BCUT2D eigenvalue weighted by Crippen LogP contribution is -2.11. The number of carbonyl (C=O) groups is 1. The van der Waals surface area contributed by atoms with Gasteiger partial charge in [-0.25, -0.2) is 4.39 Å². The van der Waals surface area contributed by atoms with Crippen LogP contribution in [-0.2, 0) is 0 Å². The maximum Gasteiger partial charge on any atom is 0.203 e. The first-order chi connectivity index (χ1) is 11.6. The predicted octanol–water partition coefficient (Wildman–Crippen LogP) is 4.25. The second-order valence-electron chi connectivity index (χ2n) is 4.90. The van der Waals surface area contributed by atoms with Gasteiger partial charge in [0.25, 0.3) is 0 Å². The van der Waals surface area contributed by atoms with Crippen molar-refractivity contribution in [3.05, 3.63) is 53.3 Å². The summed E-state index contributed by atoms with van der Waals surface area (Å²) in [5.41, 5.74) is 0.177. The molecule has 128 valence electrons. The lowest BCUT2D eigenvalue weighted by molar-refractivity contribution is 0.102. The Morgan fingerprint density at radius 1 is 0.917 bits per heavy atom. The van der Waals surface area contributed by atoms with Gasteiger partial charge in [0.1, 0.15) is 28.6 Å². The summed E-state index contributed by atoms with van der Waals surface area (Å²) in [6.07, 6.45) is 0. The van der Waals surface area contributed by atoms with E-state index < -0.39 is 11.6 Å². The van der Waals surface area contributed by atoms with Crippen molar-refractivity contribution in [2.24, 2.45) is 0 Å². The Balaban J connectivity index is 2.60. The Morgan fingerprint density at radius 2 is 1.46 bits per heavy atom. The molecule has 0 unspecified atom stereocenters. The van der Waals surface area contributed by atoms with Crippen LogP contribution in [0.15, 0.2) is 36.4 Å². The van der Waals surface area contributed by atoms with Gasteiger partial charge in [0, 0.05) is 12.1 Å². The maximum atomic E-state index is 14.0. The summed E-state index contributed by atoms with van der Waals surface area (Å²) in [7, 11) is 0. The minimum atomic E-state index is -0.582. The molecule has 0 heterocycles. The molecule has 2 aromatic carbocycles. The number of rotatable bonds is 8. The standard InChI is InChI=1S/C19H21FO4/c1-4-22-13-11-16(23-5-2)18(17(12-13)24-6-3)19(21)14-9-7-8-10-15(14)20/h7-12H,4-6H2,1-3H3. The van der Waals surface area contributed by atoms with Gasteiger partial charge in [-0.1, -0.05) is 12.1 Å². The zero-order valence-corrected chi connectivity index (χ0v) is 14.1. The van der Waals surface area contributed by atoms with Crippen LogP contribution in [-0.4, -0.2) is 25.6 Å². The zero-order chi connectivity index (χ0) is 17.5. The quantitative estimate of drug-likeness (QED) is 0.678. The van der Waals surface area contributed by atoms with Crippen molar-refractivity contribution >= 4 is 5.78 Å². The highest BCUT2D eigenvalue weighted by molar-refractivity contribution is 6.12. The number of hydrogen-bond acceptors (Lipinski definition) is 4. The molecule has 0 aliphatic rings. The van der Waals surface area contributed by atoms with Crippen LogP contribution in [0.3, 0.4) is 0 Å². The highest BCUT2D eigenvalue weighted by atomic mass is 19.1. The Labute approximate surface area is 141 Å². The number of ether oxygens (including phenoxy) is 3. The molecule has 0 fully saturated rings. The SMILES string of the molecule is CCOc1cc(OCC)c(C(=O)c2ccccc2F)c(OCC)c1. The van der Waals surface area contributed by atoms with E-state index in [9.17, 15) is 9.18 Å². The van der Waals surface area contributed by atoms with Crippen molar-refractivity contribution < 1.29 is 23.4 Å². The fraction of sp³-hybridized carbons (Fsp3) is 0.316. The molecule has 2 rings (SSSR count). The van der Waals surface area contributed by atoms with Crippen LogP contribution in [0.5, 0.6) is 17.2 Å². The summed E-state index contributed by atoms with van der Waals surface area (Å²) in [5, 5.41) is 0. The van der Waals surface area contributed by atoms with Gasteiger partial charge in [-0.2, -0.15) is 0 Å². The Kier molecular flexibility index (Phi) is 6.18. The van der Waals surface area contributed by atoms with Crippen molar-refractivity contribution in [2.45, 2.75) is 20.8 Å². The van der Waals surface area contributed by atoms with Crippen LogP contribution >= 0.6 is 0 Å². The maximum absolute atomic E-state index is 14.0. The molecule has 0 saturated carbocycles. The lowest BCUT2D eigenvalue weighted by Gasteiger charge is -2.17. The van der Waals surface area contributed by atoms with Crippen molar-refractivity contribution in [1.82, 2.24) is 0 Å². The summed E-state index contributed by atoms with van der Waals surface area (Å²) in [6.45, 7) is 6.67. The lowest BCUT2D eigenvalue weighted by atomic mass is 10.0. The monoisotopic (exact) mass is 332 g/mol. The Morgan fingerprint density at radius 3 is 1.96 bits per heavy atom. The fourth-order valence-corrected chi connectivity index (χ4v) is 2.36. The minimum absolute atomic E-state index is 0.0245. The van der Waals surface area contributed by atoms with E-state index in [1.165, 1.54) is 18.2 Å². The van der Waals surface area contributed by atoms with Crippen LogP contribution in [0.25, 0.3) is 0 Å². The van der Waals surface area contributed by atoms with E-state index in [2.05, 4.69) is 0 Å². The van der Waals surface area contributed by atoms with Crippen molar-refractivity contribution in [3.8, 4) is 17.2 Å². The number of hydrogen-bond donors (Lipinski definition) is 0. The molecule has 0 spiro atoms. The van der Waals surface area contributed by atoms with E-state index in [0.29, 0.717) is 37.1 Å². The molecule has 0 N–H and O–H groups in total. The van der Waals surface area contributed by atoms with Crippen LogP contribution in [0.4, 0.5) is 4.39 Å². The average molecular weight is 332 g/mol. The highest BCUT2D eigenvalue weighted by Crippen LogP contribution is 2.36. The second-order valence-corrected chi connectivity index (χ2v) is 4.90. The van der Waals surface area contributed by atoms with Gasteiger partial charge < -0.3 is 14.2 Å². The zero-order valence-electron chi connectivity index (χ0n) is 14.1. The molecule has 0 amide bonds. The van der Waals surface area contributed by atoms with Gasteiger partial charge in [0.05, 0.1) is 25.4 Å². The molecule has 0 saturated heterocycles. The highest BCUT2D eigenvalue weighted by Gasteiger charge is 2.24. The largest absolute Gasteiger partial charge is 0.494 e. The average Bonchev–Trinajstić information content (AvgIpc) is 2.56. The third-order valence-electron chi connectivity index (χ3n) is 3.30. The predicted molar refractivity (Wildman–Crippen MR) is 89.8 cm³/mol. The second kappa shape index (κ2) is 8.34. The summed E-state index contributed by atoms with van der Waals surface area (Å²) in [5.74, 6) is 0.110. The summed E-state index contributed by atoms with van der Waals surface area (Å²) < 4.78 is 30.7. The molecule has 0 bridgehead atoms. The third kappa shape index (κ3) is 3.85. The van der Waals surface area contributed by atoms with Gasteiger partial charge in [0.15, 0.2) is 0 Å². The van der Waals surface area contributed by atoms with E-state index in [-0.39, 0.29) is 11.1 Å². The topological polar surface area (TPSA) is 44.8 Å². The first-order valence-corrected chi connectivity index (χ1v) is 7.97. The van der Waals surface area contributed by atoms with E-state index in [1.807, 2.05) is 20.8 Å². The van der Waals surface area contributed by atoms with Crippen LogP contribution in [0.2, 0.25) is 0 Å². The molecule has 0 aliphatic carbocycles. The van der Waals surface area contributed by atoms with Gasteiger partial charge in [-0.05, 0) is 32.9 Å². The molecule has 0 radical (unpaired) electrons. The van der Waals surface area contributed by atoms with Gasteiger partial charge in [-0.3, -0.25) is 4.79 Å². The molecule has 2 aromatic rings. The molecule has 5 heteroatoms. The van der Waals surface area contributed by atoms with Crippen LogP contribution in [0, 0.1) is 5.82 Å². The normalized spacial score (nSPS) is 10.3. The van der Waals surface area contributed by atoms with Crippen LogP contribution < -0.4 is 14.2 Å². The van der Waals surface area contributed by atoms with Gasteiger partial charge in [0.2, 0.25) is 5.78 Å². The van der Waals surface area contributed by atoms with E-state index in [1.54, 1.807) is 18.2 Å². The number of carbonyl (C=O) groups excluding carboxylic acids is 1. The fourth-order valence-electron chi connectivity index (χ4n) is 2.36. The van der Waals surface area contributed by atoms with Crippen molar-refractivity contribution in [3.63, 3.8) is 0 Å². The molecular formula is C19H21FO4. The van der Waals surface area contributed by atoms with Crippen molar-refractivity contribution in [2.75, 3.05) is 19.8 Å². The Bertz CT molecular complexity index is 685. The molecule has 0 aromatic heterocycles. The summed E-state index contributed by atoms with van der Waals surface area (Å²) >= 11 is 0. The number of benzene rings is 2. The number of ketones is 1. The summed E-state index contributed by atoms with van der Waals surface area (Å²) in [6, 6.07) is 9.11. The van der Waals surface area contributed by atoms with E-state index in [4.69, 9.17) is 14.2 Å². The minimum Gasteiger partial charge on any atom is -0.494 e.